The zero-order valence-electron chi connectivity index (χ0n) is 9.34. The molecule has 0 aliphatic heterocycles. The maximum Gasteiger partial charge on any atom is 0.124 e. The number of thiazole rings is 1. The van der Waals surface area contributed by atoms with E-state index in [-0.39, 0.29) is 5.82 Å². The van der Waals surface area contributed by atoms with E-state index >= 15 is 0 Å². The highest BCUT2D eigenvalue weighted by molar-refractivity contribution is 9.10. The molecule has 0 fully saturated rings. The van der Waals surface area contributed by atoms with Gasteiger partial charge >= 0.3 is 0 Å². The number of halogens is 2. The summed E-state index contributed by atoms with van der Waals surface area (Å²) in [6.07, 6.45) is 0.940. The van der Waals surface area contributed by atoms with Crippen LogP contribution in [0.4, 0.5) is 4.39 Å². The van der Waals surface area contributed by atoms with Gasteiger partial charge in [-0.1, -0.05) is 0 Å². The summed E-state index contributed by atoms with van der Waals surface area (Å²) in [5.74, 6) is -0.222. The Balaban J connectivity index is 2.24. The fraction of sp³-hybridized carbons (Fsp3) is 0.250. The SMILES string of the molecule is CNCCc1sc(-c2ccc(F)cc2)nc1Br. The second-order valence-electron chi connectivity index (χ2n) is 3.59. The average Bonchev–Trinajstić information content (AvgIpc) is 2.69. The molecule has 2 nitrogen and oxygen atoms in total. The number of hydrogen-bond acceptors (Lipinski definition) is 3. The number of nitrogens with zero attached hydrogens (tertiary/aromatic N) is 1. The molecule has 1 aromatic carbocycles. The summed E-state index contributed by atoms with van der Waals surface area (Å²) in [7, 11) is 1.93. The monoisotopic (exact) mass is 314 g/mol. The van der Waals surface area contributed by atoms with Gasteiger partial charge in [-0.15, -0.1) is 11.3 Å². The molecule has 2 rings (SSSR count). The third-order valence-electron chi connectivity index (χ3n) is 2.34. The van der Waals surface area contributed by atoms with Gasteiger partial charge in [0.1, 0.15) is 15.4 Å². The van der Waals surface area contributed by atoms with Crippen molar-refractivity contribution in [2.24, 2.45) is 0 Å². The van der Waals surface area contributed by atoms with Crippen LogP contribution in [-0.4, -0.2) is 18.6 Å². The van der Waals surface area contributed by atoms with E-state index in [1.807, 2.05) is 7.05 Å². The quantitative estimate of drug-likeness (QED) is 0.934. The summed E-state index contributed by atoms with van der Waals surface area (Å²) in [5.41, 5.74) is 0.952. The van der Waals surface area contributed by atoms with Crippen LogP contribution in [0.5, 0.6) is 0 Å². The Morgan fingerprint density at radius 1 is 1.35 bits per heavy atom. The van der Waals surface area contributed by atoms with E-state index in [1.165, 1.54) is 17.0 Å². The standard InChI is InChI=1S/C12H12BrFN2S/c1-15-7-6-10-11(13)16-12(17-10)8-2-4-9(14)5-3-8/h2-5,15H,6-7H2,1H3. The summed E-state index contributed by atoms with van der Waals surface area (Å²) >= 11 is 5.09. The van der Waals surface area contributed by atoms with E-state index in [0.717, 1.165) is 28.1 Å². The predicted octanol–water partition coefficient (Wildman–Crippen LogP) is 3.47. The van der Waals surface area contributed by atoms with Crippen LogP contribution in [0.3, 0.4) is 0 Å². The van der Waals surface area contributed by atoms with Crippen LogP contribution in [0.25, 0.3) is 10.6 Å². The maximum absolute atomic E-state index is 12.8. The molecule has 0 amide bonds. The molecular formula is C12H12BrFN2S. The second-order valence-corrected chi connectivity index (χ2v) is 5.43. The number of rotatable bonds is 4. The topological polar surface area (TPSA) is 24.9 Å². The molecule has 0 aliphatic rings. The minimum atomic E-state index is -0.222. The molecule has 1 aromatic heterocycles. The normalized spacial score (nSPS) is 10.8. The largest absolute Gasteiger partial charge is 0.319 e. The first kappa shape index (κ1) is 12.7. The summed E-state index contributed by atoms with van der Waals surface area (Å²) in [5, 5.41) is 4.03. The van der Waals surface area contributed by atoms with Gasteiger partial charge < -0.3 is 5.32 Å². The highest BCUT2D eigenvalue weighted by Crippen LogP contribution is 2.31. The molecule has 90 valence electrons. The van der Waals surface area contributed by atoms with Crippen molar-refractivity contribution in [3.63, 3.8) is 0 Å². The molecular weight excluding hydrogens is 303 g/mol. The molecule has 0 saturated heterocycles. The molecule has 0 atom stereocenters. The van der Waals surface area contributed by atoms with Crippen LogP contribution in [0.1, 0.15) is 4.88 Å². The number of hydrogen-bond donors (Lipinski definition) is 1. The number of nitrogens with one attached hydrogen (secondary N) is 1. The average molecular weight is 315 g/mol. The smallest absolute Gasteiger partial charge is 0.124 e. The molecule has 5 heteroatoms. The van der Waals surface area contributed by atoms with Crippen molar-refractivity contribution >= 4 is 27.3 Å². The maximum atomic E-state index is 12.8. The Morgan fingerprint density at radius 2 is 2.06 bits per heavy atom. The minimum Gasteiger partial charge on any atom is -0.319 e. The second kappa shape index (κ2) is 5.71. The van der Waals surface area contributed by atoms with E-state index < -0.39 is 0 Å². The van der Waals surface area contributed by atoms with Crippen molar-refractivity contribution in [1.29, 1.82) is 0 Å². The molecule has 0 radical (unpaired) electrons. The lowest BCUT2D eigenvalue weighted by Gasteiger charge is -1.95. The van der Waals surface area contributed by atoms with Crippen LogP contribution in [0, 0.1) is 5.82 Å². The van der Waals surface area contributed by atoms with Gasteiger partial charge in [-0.3, -0.25) is 0 Å². The Morgan fingerprint density at radius 3 is 2.71 bits per heavy atom. The lowest BCUT2D eigenvalue weighted by atomic mass is 10.2. The van der Waals surface area contributed by atoms with Crippen LogP contribution in [0.15, 0.2) is 28.9 Å². The minimum absolute atomic E-state index is 0.222. The summed E-state index contributed by atoms with van der Waals surface area (Å²) < 4.78 is 13.7. The van der Waals surface area contributed by atoms with Gasteiger partial charge in [0.05, 0.1) is 0 Å². The van der Waals surface area contributed by atoms with Crippen molar-refractivity contribution in [3.8, 4) is 10.6 Å². The Kier molecular flexibility index (Phi) is 4.25. The van der Waals surface area contributed by atoms with Gasteiger partial charge in [0, 0.05) is 10.4 Å². The van der Waals surface area contributed by atoms with Gasteiger partial charge in [-0.05, 0) is 60.2 Å². The van der Waals surface area contributed by atoms with Gasteiger partial charge in [-0.2, -0.15) is 0 Å². The number of likely N-dealkylation sites (N-methyl/N-ethyl adjacent to an activating group) is 1. The number of aromatic nitrogens is 1. The third kappa shape index (κ3) is 3.12. The molecule has 1 N–H and O–H groups in total. The van der Waals surface area contributed by atoms with E-state index in [9.17, 15) is 4.39 Å². The van der Waals surface area contributed by atoms with Crippen LogP contribution in [0.2, 0.25) is 0 Å². The van der Waals surface area contributed by atoms with Crippen molar-refractivity contribution in [2.45, 2.75) is 6.42 Å². The van der Waals surface area contributed by atoms with Crippen LogP contribution in [-0.2, 0) is 6.42 Å². The Hall–Kier alpha value is -0.780. The first-order valence-electron chi connectivity index (χ1n) is 5.26. The highest BCUT2D eigenvalue weighted by Gasteiger charge is 2.10. The lowest BCUT2D eigenvalue weighted by Crippen LogP contribution is -2.09. The third-order valence-corrected chi connectivity index (χ3v) is 4.43. The molecule has 2 aromatic rings. The molecule has 17 heavy (non-hydrogen) atoms. The fourth-order valence-electron chi connectivity index (χ4n) is 1.44. The van der Waals surface area contributed by atoms with E-state index in [4.69, 9.17) is 0 Å². The zero-order chi connectivity index (χ0) is 12.3. The summed E-state index contributed by atoms with van der Waals surface area (Å²) in [4.78, 5) is 5.66. The van der Waals surface area contributed by atoms with Gasteiger partial charge in [-0.25, -0.2) is 9.37 Å². The number of benzene rings is 1. The molecule has 0 saturated carbocycles. The Bertz CT molecular complexity index is 496. The van der Waals surface area contributed by atoms with Crippen molar-refractivity contribution < 1.29 is 4.39 Å². The molecule has 0 bridgehead atoms. The van der Waals surface area contributed by atoms with Crippen LogP contribution < -0.4 is 5.32 Å². The van der Waals surface area contributed by atoms with Gasteiger partial charge in [0.25, 0.3) is 0 Å². The first-order chi connectivity index (χ1) is 8.20. The van der Waals surface area contributed by atoms with Gasteiger partial charge in [0.15, 0.2) is 0 Å². The molecule has 0 aliphatic carbocycles. The fourth-order valence-corrected chi connectivity index (χ4v) is 3.14. The van der Waals surface area contributed by atoms with E-state index in [1.54, 1.807) is 23.5 Å². The first-order valence-corrected chi connectivity index (χ1v) is 6.87. The molecule has 0 unspecified atom stereocenters. The highest BCUT2D eigenvalue weighted by atomic mass is 79.9. The molecule has 0 spiro atoms. The summed E-state index contributed by atoms with van der Waals surface area (Å²) in [6, 6.07) is 6.42. The predicted molar refractivity (Wildman–Crippen MR) is 72.8 cm³/mol. The van der Waals surface area contributed by atoms with E-state index in [0.29, 0.717) is 0 Å². The Labute approximate surface area is 112 Å². The van der Waals surface area contributed by atoms with Gasteiger partial charge in [0.2, 0.25) is 0 Å². The van der Waals surface area contributed by atoms with Crippen molar-refractivity contribution in [2.75, 3.05) is 13.6 Å². The lowest BCUT2D eigenvalue weighted by molar-refractivity contribution is 0.628. The summed E-state index contributed by atoms with van der Waals surface area (Å²) in [6.45, 7) is 0.920. The molecule has 1 heterocycles. The van der Waals surface area contributed by atoms with Crippen molar-refractivity contribution in [3.05, 3.63) is 39.6 Å². The zero-order valence-corrected chi connectivity index (χ0v) is 11.7. The van der Waals surface area contributed by atoms with Crippen LogP contribution >= 0.6 is 27.3 Å². The van der Waals surface area contributed by atoms with Crippen molar-refractivity contribution in [1.82, 2.24) is 10.3 Å². The van der Waals surface area contributed by atoms with E-state index in [2.05, 4.69) is 26.2 Å².